The van der Waals surface area contributed by atoms with Crippen LogP contribution < -0.4 is 5.32 Å². The van der Waals surface area contributed by atoms with Gasteiger partial charge in [-0.15, -0.1) is 0 Å². The molecule has 0 bridgehead atoms. The molecule has 1 N–H and O–H groups in total. The van der Waals surface area contributed by atoms with Gasteiger partial charge in [0.25, 0.3) is 0 Å². The molecule has 1 aliphatic heterocycles. The van der Waals surface area contributed by atoms with E-state index in [1.807, 2.05) is 31.2 Å². The second-order valence-electron chi connectivity index (χ2n) is 7.95. The predicted molar refractivity (Wildman–Crippen MR) is 123 cm³/mol. The number of hydrogen-bond acceptors (Lipinski definition) is 3. The van der Waals surface area contributed by atoms with Gasteiger partial charge in [-0.2, -0.15) is 0 Å². The van der Waals surface area contributed by atoms with Gasteiger partial charge in [0.15, 0.2) is 0 Å². The molecule has 30 heavy (non-hydrogen) atoms. The molecule has 4 nitrogen and oxygen atoms in total. The van der Waals surface area contributed by atoms with Gasteiger partial charge in [0, 0.05) is 31.9 Å². The highest BCUT2D eigenvalue weighted by atomic mass is 16.2. The lowest BCUT2D eigenvalue weighted by Gasteiger charge is -2.39. The molecule has 1 heterocycles. The Morgan fingerprint density at radius 1 is 0.833 bits per heavy atom. The minimum Gasteiger partial charge on any atom is -0.325 e. The highest BCUT2D eigenvalue weighted by molar-refractivity contribution is 5.92. The van der Waals surface area contributed by atoms with Crippen molar-refractivity contribution in [2.75, 3.05) is 38.0 Å². The van der Waals surface area contributed by atoms with Crippen LogP contribution >= 0.6 is 0 Å². The molecule has 4 heteroatoms. The summed E-state index contributed by atoms with van der Waals surface area (Å²) in [7, 11) is 0. The number of carbonyl (C=O) groups is 1. The summed E-state index contributed by atoms with van der Waals surface area (Å²) < 4.78 is 0. The number of aryl methyl sites for hydroxylation is 1. The molecule has 154 valence electrons. The second-order valence-corrected chi connectivity index (χ2v) is 7.95. The third-order valence-corrected chi connectivity index (χ3v) is 5.67. The van der Waals surface area contributed by atoms with Crippen LogP contribution in [-0.2, 0) is 4.79 Å². The Hall–Kier alpha value is -2.95. The summed E-state index contributed by atoms with van der Waals surface area (Å²) in [5.41, 5.74) is 4.64. The van der Waals surface area contributed by atoms with Gasteiger partial charge in [-0.05, 0) is 35.7 Å². The molecule has 1 saturated heterocycles. The van der Waals surface area contributed by atoms with E-state index in [9.17, 15) is 4.79 Å². The van der Waals surface area contributed by atoms with E-state index in [0.717, 1.165) is 37.4 Å². The van der Waals surface area contributed by atoms with Gasteiger partial charge >= 0.3 is 0 Å². The highest BCUT2D eigenvalue weighted by Crippen LogP contribution is 2.29. The monoisotopic (exact) mass is 399 g/mol. The van der Waals surface area contributed by atoms with Gasteiger partial charge in [-0.3, -0.25) is 14.6 Å². The maximum Gasteiger partial charge on any atom is 0.238 e. The van der Waals surface area contributed by atoms with Crippen LogP contribution in [0, 0.1) is 6.92 Å². The van der Waals surface area contributed by atoms with Gasteiger partial charge in [0.2, 0.25) is 5.91 Å². The molecular weight excluding hydrogens is 370 g/mol. The van der Waals surface area contributed by atoms with E-state index in [1.165, 1.54) is 11.1 Å². The number of benzene rings is 3. The Morgan fingerprint density at radius 2 is 1.43 bits per heavy atom. The molecule has 1 aliphatic rings. The normalized spacial score (nSPS) is 15.3. The van der Waals surface area contributed by atoms with Crippen LogP contribution in [0.2, 0.25) is 0 Å². The van der Waals surface area contributed by atoms with Crippen LogP contribution in [0.1, 0.15) is 22.7 Å². The molecule has 0 spiro atoms. The number of nitrogens with zero attached hydrogens (tertiary/aromatic N) is 2. The molecular formula is C26H29N3O. The zero-order valence-electron chi connectivity index (χ0n) is 17.5. The van der Waals surface area contributed by atoms with E-state index in [1.54, 1.807) is 0 Å². The van der Waals surface area contributed by atoms with Crippen molar-refractivity contribution in [3.8, 4) is 0 Å². The third-order valence-electron chi connectivity index (χ3n) is 5.67. The number of amides is 1. The molecule has 3 aromatic rings. The molecule has 0 atom stereocenters. The second kappa shape index (κ2) is 9.70. The maximum absolute atomic E-state index is 12.5. The van der Waals surface area contributed by atoms with Crippen molar-refractivity contribution in [1.82, 2.24) is 9.80 Å². The summed E-state index contributed by atoms with van der Waals surface area (Å²) in [6.45, 7) is 6.11. The van der Waals surface area contributed by atoms with E-state index in [0.29, 0.717) is 6.54 Å². The zero-order valence-corrected chi connectivity index (χ0v) is 17.5. The summed E-state index contributed by atoms with van der Waals surface area (Å²) >= 11 is 0. The van der Waals surface area contributed by atoms with E-state index < -0.39 is 0 Å². The third kappa shape index (κ3) is 5.15. The number of anilines is 1. The quantitative estimate of drug-likeness (QED) is 0.670. The first-order valence-corrected chi connectivity index (χ1v) is 10.6. The molecule has 0 saturated carbocycles. The van der Waals surface area contributed by atoms with E-state index >= 15 is 0 Å². The largest absolute Gasteiger partial charge is 0.325 e. The summed E-state index contributed by atoms with van der Waals surface area (Å²) in [6, 6.07) is 29.6. The van der Waals surface area contributed by atoms with Crippen LogP contribution in [0.3, 0.4) is 0 Å². The topological polar surface area (TPSA) is 35.6 Å². The lowest BCUT2D eigenvalue weighted by atomic mass is 9.96. The van der Waals surface area contributed by atoms with Gasteiger partial charge in [0.05, 0.1) is 12.6 Å². The van der Waals surface area contributed by atoms with Crippen molar-refractivity contribution in [3.05, 3.63) is 102 Å². The Morgan fingerprint density at radius 3 is 2.00 bits per heavy atom. The van der Waals surface area contributed by atoms with E-state index in [-0.39, 0.29) is 11.9 Å². The van der Waals surface area contributed by atoms with Gasteiger partial charge in [-0.25, -0.2) is 0 Å². The van der Waals surface area contributed by atoms with Gasteiger partial charge in [0.1, 0.15) is 0 Å². The van der Waals surface area contributed by atoms with Crippen molar-refractivity contribution in [2.24, 2.45) is 0 Å². The molecule has 1 amide bonds. The fourth-order valence-electron chi connectivity index (χ4n) is 4.19. The van der Waals surface area contributed by atoms with E-state index in [2.05, 4.69) is 75.8 Å². The molecule has 0 aliphatic carbocycles. The first-order chi connectivity index (χ1) is 14.7. The number of hydrogen-bond donors (Lipinski definition) is 1. The van der Waals surface area contributed by atoms with Crippen LogP contribution in [0.4, 0.5) is 5.69 Å². The van der Waals surface area contributed by atoms with Crippen LogP contribution in [-0.4, -0.2) is 48.4 Å². The fraction of sp³-hybridized carbons (Fsp3) is 0.269. The van der Waals surface area contributed by atoms with Crippen LogP contribution in [0.25, 0.3) is 0 Å². The Labute approximate surface area is 179 Å². The first-order valence-electron chi connectivity index (χ1n) is 10.6. The number of rotatable bonds is 6. The minimum atomic E-state index is 0.0525. The predicted octanol–water partition coefficient (Wildman–Crippen LogP) is 4.34. The lowest BCUT2D eigenvalue weighted by Crippen LogP contribution is -2.49. The molecule has 0 radical (unpaired) electrons. The summed E-state index contributed by atoms with van der Waals surface area (Å²) in [5.74, 6) is 0.0525. The van der Waals surface area contributed by atoms with Crippen LogP contribution in [0.15, 0.2) is 84.9 Å². The highest BCUT2D eigenvalue weighted by Gasteiger charge is 2.26. The van der Waals surface area contributed by atoms with Crippen molar-refractivity contribution < 1.29 is 4.79 Å². The minimum absolute atomic E-state index is 0.0525. The van der Waals surface area contributed by atoms with Gasteiger partial charge in [-0.1, -0.05) is 72.8 Å². The molecule has 0 unspecified atom stereocenters. The average molecular weight is 400 g/mol. The Balaban J connectivity index is 1.38. The fourth-order valence-corrected chi connectivity index (χ4v) is 4.19. The lowest BCUT2D eigenvalue weighted by molar-refractivity contribution is -0.117. The summed E-state index contributed by atoms with van der Waals surface area (Å²) in [4.78, 5) is 17.3. The average Bonchev–Trinajstić information content (AvgIpc) is 2.77. The Kier molecular flexibility index (Phi) is 6.57. The maximum atomic E-state index is 12.5. The van der Waals surface area contributed by atoms with Crippen molar-refractivity contribution in [2.45, 2.75) is 13.0 Å². The van der Waals surface area contributed by atoms with Crippen LogP contribution in [0.5, 0.6) is 0 Å². The molecule has 0 aromatic heterocycles. The number of carbonyl (C=O) groups excluding carboxylic acids is 1. The molecule has 4 rings (SSSR count). The zero-order chi connectivity index (χ0) is 20.8. The first kappa shape index (κ1) is 20.3. The van der Waals surface area contributed by atoms with Crippen molar-refractivity contribution in [3.63, 3.8) is 0 Å². The summed E-state index contributed by atoms with van der Waals surface area (Å²) in [6.07, 6.45) is 0. The Bertz CT molecular complexity index is 911. The number of nitrogens with one attached hydrogen (secondary N) is 1. The smallest absolute Gasteiger partial charge is 0.238 e. The summed E-state index contributed by atoms with van der Waals surface area (Å²) in [5, 5.41) is 3.02. The molecule has 1 fully saturated rings. The number of piperazine rings is 1. The van der Waals surface area contributed by atoms with Crippen molar-refractivity contribution in [1.29, 1.82) is 0 Å². The molecule has 3 aromatic carbocycles. The van der Waals surface area contributed by atoms with Crippen molar-refractivity contribution >= 4 is 11.6 Å². The van der Waals surface area contributed by atoms with E-state index in [4.69, 9.17) is 0 Å². The standard InChI is InChI=1S/C26H29N3O/c1-21-9-8-14-24(19-21)27-25(30)20-28-15-17-29(18-16-28)26(22-10-4-2-5-11-22)23-12-6-3-7-13-23/h2-14,19,26H,15-18,20H2,1H3,(H,27,30). The van der Waals surface area contributed by atoms with Gasteiger partial charge < -0.3 is 5.32 Å². The SMILES string of the molecule is Cc1cccc(NC(=O)CN2CCN(C(c3ccccc3)c3ccccc3)CC2)c1.